The summed E-state index contributed by atoms with van der Waals surface area (Å²) >= 11 is 0. The molecule has 1 aliphatic heterocycles. The van der Waals surface area contributed by atoms with Crippen molar-refractivity contribution in [2.24, 2.45) is 0 Å². The second kappa shape index (κ2) is 5.25. The van der Waals surface area contributed by atoms with Gasteiger partial charge in [-0.1, -0.05) is 18.2 Å². The smallest absolute Gasteiger partial charge is 0.323 e. The molecule has 1 aromatic carbocycles. The lowest BCUT2D eigenvalue weighted by Gasteiger charge is -2.10. The third kappa shape index (κ3) is 3.01. The van der Waals surface area contributed by atoms with Crippen LogP contribution in [0.1, 0.15) is 12.0 Å². The van der Waals surface area contributed by atoms with Crippen LogP contribution in [0, 0.1) is 5.82 Å². The first-order valence-corrected chi connectivity index (χ1v) is 5.48. The molecule has 1 aromatic rings. The molecule has 0 bridgehead atoms. The molecular formula is C12H14FNO3. The van der Waals surface area contributed by atoms with Gasteiger partial charge >= 0.3 is 5.97 Å². The highest BCUT2D eigenvalue weighted by Gasteiger charge is 2.29. The first-order chi connectivity index (χ1) is 8.16. The molecule has 1 heterocycles. The van der Waals surface area contributed by atoms with E-state index in [1.165, 1.54) is 6.07 Å². The predicted octanol–water partition coefficient (Wildman–Crippen LogP) is 0.592. The summed E-state index contributed by atoms with van der Waals surface area (Å²) in [5.41, 5.74) is 0.347. The van der Waals surface area contributed by atoms with Crippen molar-refractivity contribution in [1.29, 1.82) is 0 Å². The number of rotatable bonds is 3. The molecule has 17 heavy (non-hydrogen) atoms. The number of ether oxygens (including phenoxy) is 1. The number of β-amino-alcohol motifs (C(OH)–C–C–N with tert-alkyl or cyclic N) is 1. The van der Waals surface area contributed by atoms with Crippen LogP contribution < -0.4 is 5.32 Å². The fourth-order valence-electron chi connectivity index (χ4n) is 1.76. The number of esters is 1. The van der Waals surface area contributed by atoms with Crippen LogP contribution in [0.4, 0.5) is 4.39 Å². The zero-order valence-corrected chi connectivity index (χ0v) is 9.23. The van der Waals surface area contributed by atoms with Crippen LogP contribution in [-0.4, -0.2) is 29.8 Å². The van der Waals surface area contributed by atoms with E-state index in [1.807, 2.05) is 0 Å². The van der Waals surface area contributed by atoms with Crippen LogP contribution in [0.3, 0.4) is 0 Å². The Bertz CT molecular complexity index is 410. The van der Waals surface area contributed by atoms with Crippen molar-refractivity contribution in [2.45, 2.75) is 25.2 Å². The Kier molecular flexibility index (Phi) is 3.71. The molecule has 92 valence electrons. The van der Waals surface area contributed by atoms with Gasteiger partial charge in [-0.2, -0.15) is 0 Å². The van der Waals surface area contributed by atoms with E-state index in [2.05, 4.69) is 5.32 Å². The van der Waals surface area contributed by atoms with Gasteiger partial charge in [-0.15, -0.1) is 0 Å². The van der Waals surface area contributed by atoms with Crippen LogP contribution >= 0.6 is 0 Å². The summed E-state index contributed by atoms with van der Waals surface area (Å²) in [5.74, 6) is -0.843. The van der Waals surface area contributed by atoms with E-state index in [9.17, 15) is 14.3 Å². The number of carbonyl (C=O) groups is 1. The van der Waals surface area contributed by atoms with Gasteiger partial charge in [0.2, 0.25) is 0 Å². The molecule has 0 amide bonds. The van der Waals surface area contributed by atoms with Gasteiger partial charge in [-0.05, 0) is 6.07 Å². The van der Waals surface area contributed by atoms with E-state index in [1.54, 1.807) is 18.2 Å². The molecule has 0 spiro atoms. The normalized spacial score (nSPS) is 23.6. The van der Waals surface area contributed by atoms with Crippen molar-refractivity contribution in [3.63, 3.8) is 0 Å². The Hall–Kier alpha value is -1.46. The Labute approximate surface area is 98.4 Å². The molecule has 2 rings (SSSR count). The average molecular weight is 239 g/mol. The lowest BCUT2D eigenvalue weighted by molar-refractivity contribution is -0.147. The maximum Gasteiger partial charge on any atom is 0.323 e. The molecule has 5 heteroatoms. The molecule has 0 aromatic heterocycles. The number of aliphatic hydroxyl groups excluding tert-OH is 1. The molecule has 1 saturated heterocycles. The van der Waals surface area contributed by atoms with Gasteiger partial charge in [0.25, 0.3) is 0 Å². The number of carbonyl (C=O) groups excluding carboxylic acids is 1. The SMILES string of the molecule is O=C(OCc1ccccc1F)[C@@H]1C[C@@H](O)CN1. The van der Waals surface area contributed by atoms with E-state index in [0.717, 1.165) is 0 Å². The molecule has 2 N–H and O–H groups in total. The summed E-state index contributed by atoms with van der Waals surface area (Å²) in [4.78, 5) is 11.6. The van der Waals surface area contributed by atoms with Gasteiger partial charge in [0.1, 0.15) is 18.5 Å². The van der Waals surface area contributed by atoms with Crippen molar-refractivity contribution < 1.29 is 19.0 Å². The number of halogens is 1. The van der Waals surface area contributed by atoms with Crippen molar-refractivity contribution in [3.05, 3.63) is 35.6 Å². The van der Waals surface area contributed by atoms with Crippen LogP contribution in [0.2, 0.25) is 0 Å². The summed E-state index contributed by atoms with van der Waals surface area (Å²) in [6.45, 7) is 0.305. The van der Waals surface area contributed by atoms with Gasteiger partial charge in [-0.25, -0.2) is 4.39 Å². The Morgan fingerprint density at radius 1 is 1.53 bits per heavy atom. The summed E-state index contributed by atoms with van der Waals surface area (Å²) in [7, 11) is 0. The predicted molar refractivity (Wildman–Crippen MR) is 58.6 cm³/mol. The zero-order chi connectivity index (χ0) is 12.3. The number of hydrogen-bond acceptors (Lipinski definition) is 4. The Morgan fingerprint density at radius 2 is 2.29 bits per heavy atom. The minimum absolute atomic E-state index is 0.0835. The Morgan fingerprint density at radius 3 is 2.94 bits per heavy atom. The van der Waals surface area contributed by atoms with Crippen molar-refractivity contribution in [3.8, 4) is 0 Å². The maximum atomic E-state index is 13.2. The van der Waals surface area contributed by atoms with Crippen LogP contribution in [-0.2, 0) is 16.1 Å². The quantitative estimate of drug-likeness (QED) is 0.758. The van der Waals surface area contributed by atoms with Crippen molar-refractivity contribution in [1.82, 2.24) is 5.32 Å². The number of nitrogens with one attached hydrogen (secondary N) is 1. The number of hydrogen-bond donors (Lipinski definition) is 2. The molecule has 0 aliphatic carbocycles. The first-order valence-electron chi connectivity index (χ1n) is 5.48. The molecule has 4 nitrogen and oxygen atoms in total. The fourth-order valence-corrected chi connectivity index (χ4v) is 1.76. The highest BCUT2D eigenvalue weighted by molar-refractivity contribution is 5.76. The highest BCUT2D eigenvalue weighted by Crippen LogP contribution is 2.11. The van der Waals surface area contributed by atoms with E-state index in [-0.39, 0.29) is 12.4 Å². The van der Waals surface area contributed by atoms with E-state index in [4.69, 9.17) is 4.74 Å². The van der Waals surface area contributed by atoms with Gasteiger partial charge in [0.15, 0.2) is 0 Å². The third-order valence-electron chi connectivity index (χ3n) is 2.72. The number of benzene rings is 1. The molecule has 2 atom stereocenters. The van der Waals surface area contributed by atoms with Crippen LogP contribution in [0.5, 0.6) is 0 Å². The minimum atomic E-state index is -0.513. The average Bonchev–Trinajstić information content (AvgIpc) is 2.74. The lowest BCUT2D eigenvalue weighted by Crippen LogP contribution is -2.32. The molecule has 0 saturated carbocycles. The second-order valence-corrected chi connectivity index (χ2v) is 4.05. The van der Waals surface area contributed by atoms with Crippen molar-refractivity contribution >= 4 is 5.97 Å². The standard InChI is InChI=1S/C12H14FNO3/c13-10-4-2-1-3-8(10)7-17-12(16)11-5-9(15)6-14-11/h1-4,9,11,14-15H,5-7H2/t9-,11+/m1/s1. The minimum Gasteiger partial charge on any atom is -0.460 e. The first kappa shape index (κ1) is 12.0. The van der Waals surface area contributed by atoms with Crippen LogP contribution in [0.15, 0.2) is 24.3 Å². The topological polar surface area (TPSA) is 58.6 Å². The summed E-state index contributed by atoms with van der Waals surface area (Å²) < 4.78 is 18.2. The molecule has 1 fully saturated rings. The second-order valence-electron chi connectivity index (χ2n) is 4.05. The van der Waals surface area contributed by atoms with Gasteiger partial charge < -0.3 is 15.2 Å². The summed E-state index contributed by atoms with van der Waals surface area (Å²) in [6, 6.07) is 5.66. The van der Waals surface area contributed by atoms with E-state index >= 15 is 0 Å². The largest absolute Gasteiger partial charge is 0.460 e. The zero-order valence-electron chi connectivity index (χ0n) is 9.23. The third-order valence-corrected chi connectivity index (χ3v) is 2.72. The fraction of sp³-hybridized carbons (Fsp3) is 0.417. The molecular weight excluding hydrogens is 225 g/mol. The van der Waals surface area contributed by atoms with Gasteiger partial charge in [0.05, 0.1) is 6.10 Å². The highest BCUT2D eigenvalue weighted by atomic mass is 19.1. The van der Waals surface area contributed by atoms with Crippen LogP contribution in [0.25, 0.3) is 0 Å². The number of aliphatic hydroxyl groups is 1. The van der Waals surface area contributed by atoms with E-state index in [0.29, 0.717) is 18.5 Å². The van der Waals surface area contributed by atoms with Gasteiger partial charge in [0, 0.05) is 18.5 Å². The van der Waals surface area contributed by atoms with E-state index < -0.39 is 18.1 Å². The monoisotopic (exact) mass is 239 g/mol. The molecule has 0 radical (unpaired) electrons. The maximum absolute atomic E-state index is 13.2. The molecule has 0 unspecified atom stereocenters. The Balaban J connectivity index is 1.86. The lowest BCUT2D eigenvalue weighted by atomic mass is 10.2. The molecule has 1 aliphatic rings. The summed E-state index contributed by atoms with van der Waals surface area (Å²) in [5, 5.41) is 12.1. The van der Waals surface area contributed by atoms with Crippen molar-refractivity contribution in [2.75, 3.05) is 6.54 Å². The van der Waals surface area contributed by atoms with Gasteiger partial charge in [-0.3, -0.25) is 4.79 Å². The summed E-state index contributed by atoms with van der Waals surface area (Å²) in [6.07, 6.45) is -0.170.